The lowest BCUT2D eigenvalue weighted by atomic mass is 9.81. The maximum absolute atomic E-state index is 6.81. The van der Waals surface area contributed by atoms with E-state index in [1.807, 2.05) is 0 Å². The highest BCUT2D eigenvalue weighted by molar-refractivity contribution is 6.73. The van der Waals surface area contributed by atoms with E-state index < -0.39 is 8.32 Å². The summed E-state index contributed by atoms with van der Waals surface area (Å²) in [4.78, 5) is 4.11. The molecule has 0 bridgehead atoms. The molecule has 1 fully saturated rings. The number of hydrogen-bond acceptors (Lipinski definition) is 2. The Morgan fingerprint density at radius 1 is 1.12 bits per heavy atom. The van der Waals surface area contributed by atoms with Crippen molar-refractivity contribution in [3.8, 4) is 0 Å². The Bertz CT molecular complexity index is 490. The molecular formula is C19H31Cl2NOSi. The molecule has 136 valence electrons. The Labute approximate surface area is 158 Å². The van der Waals surface area contributed by atoms with Crippen LogP contribution in [0.15, 0.2) is 12.4 Å². The van der Waals surface area contributed by atoms with E-state index in [2.05, 4.69) is 25.8 Å². The minimum absolute atomic E-state index is 0.0135. The molecule has 0 aliphatic heterocycles. The number of aromatic nitrogens is 1. The van der Waals surface area contributed by atoms with Gasteiger partial charge in [0.05, 0.1) is 16.1 Å². The lowest BCUT2D eigenvalue weighted by Gasteiger charge is -2.34. The van der Waals surface area contributed by atoms with E-state index in [0.29, 0.717) is 10.0 Å². The van der Waals surface area contributed by atoms with Gasteiger partial charge in [-0.2, -0.15) is 0 Å². The molecule has 2 nitrogen and oxygen atoms in total. The van der Waals surface area contributed by atoms with Gasteiger partial charge in [0, 0.05) is 18.0 Å². The Balaban J connectivity index is 2.16. The summed E-state index contributed by atoms with van der Waals surface area (Å²) in [6, 6.07) is 3.42. The third-order valence-corrected chi connectivity index (χ3v) is 11.1. The first-order valence-corrected chi connectivity index (χ1v) is 12.8. The summed E-state index contributed by atoms with van der Waals surface area (Å²) >= 11 is 12.9. The van der Waals surface area contributed by atoms with Crippen LogP contribution in [0.25, 0.3) is 0 Å². The highest BCUT2D eigenvalue weighted by atomic mass is 35.5. The van der Waals surface area contributed by atoms with Gasteiger partial charge in [0.15, 0.2) is 8.32 Å². The lowest BCUT2D eigenvalue weighted by Crippen LogP contribution is -2.37. The van der Waals surface area contributed by atoms with Gasteiger partial charge in [0.25, 0.3) is 0 Å². The topological polar surface area (TPSA) is 22.1 Å². The molecule has 5 heteroatoms. The molecule has 1 heterocycles. The molecule has 0 N–H and O–H groups in total. The number of halogens is 2. The smallest absolute Gasteiger partial charge is 0.192 e. The van der Waals surface area contributed by atoms with Gasteiger partial charge >= 0.3 is 0 Å². The van der Waals surface area contributed by atoms with Crippen molar-refractivity contribution in [2.24, 2.45) is 5.92 Å². The number of hydrogen-bond donors (Lipinski definition) is 0. The summed E-state index contributed by atoms with van der Waals surface area (Å²) in [5.74, 6) is 0.930. The normalized spacial score (nSPS) is 16.9. The van der Waals surface area contributed by atoms with E-state index in [4.69, 9.17) is 27.6 Å². The van der Waals surface area contributed by atoms with Crippen molar-refractivity contribution in [2.75, 3.05) is 0 Å². The SMILES string of the molecule is CC[Si](CC)(CC)OC(CCCC1CCC1)c1c(Cl)cncc1Cl. The van der Waals surface area contributed by atoms with Crippen LogP contribution in [0.4, 0.5) is 0 Å². The first-order chi connectivity index (χ1) is 11.5. The average molecular weight is 388 g/mol. The van der Waals surface area contributed by atoms with Crippen molar-refractivity contribution >= 4 is 31.5 Å². The fourth-order valence-electron chi connectivity index (χ4n) is 3.67. The molecule has 1 unspecified atom stereocenters. The van der Waals surface area contributed by atoms with E-state index in [1.165, 1.54) is 32.1 Å². The van der Waals surface area contributed by atoms with Gasteiger partial charge in [-0.15, -0.1) is 0 Å². The summed E-state index contributed by atoms with van der Waals surface area (Å²) in [6.07, 6.45) is 11.1. The molecule has 0 spiro atoms. The second kappa shape index (κ2) is 9.56. The van der Waals surface area contributed by atoms with E-state index in [9.17, 15) is 0 Å². The second-order valence-corrected chi connectivity index (χ2v) is 12.6. The van der Waals surface area contributed by atoms with E-state index >= 15 is 0 Å². The molecule has 0 amide bonds. The largest absolute Gasteiger partial charge is 0.410 e. The van der Waals surface area contributed by atoms with Crippen LogP contribution in [0.2, 0.25) is 28.2 Å². The average Bonchev–Trinajstić information content (AvgIpc) is 2.54. The monoisotopic (exact) mass is 387 g/mol. The standard InChI is InChI=1S/C19H31Cl2NOSi/c1-4-24(5-2,6-3)23-18(12-8-11-15-9-7-10-15)19-16(20)13-22-14-17(19)21/h13-15,18H,4-12H2,1-3H3. The zero-order valence-electron chi connectivity index (χ0n) is 15.3. The summed E-state index contributed by atoms with van der Waals surface area (Å²) in [7, 11) is -1.72. The molecule has 2 rings (SSSR count). The van der Waals surface area contributed by atoms with Gasteiger partial charge in [0.1, 0.15) is 0 Å². The van der Waals surface area contributed by atoms with Crippen LogP contribution in [0, 0.1) is 5.92 Å². The Kier molecular flexibility index (Phi) is 8.06. The van der Waals surface area contributed by atoms with Crippen molar-refractivity contribution in [2.45, 2.75) is 83.5 Å². The van der Waals surface area contributed by atoms with Crippen molar-refractivity contribution in [3.05, 3.63) is 28.0 Å². The van der Waals surface area contributed by atoms with Gasteiger partial charge in [-0.3, -0.25) is 4.98 Å². The third kappa shape index (κ3) is 4.97. The molecule has 24 heavy (non-hydrogen) atoms. The van der Waals surface area contributed by atoms with Gasteiger partial charge in [-0.05, 0) is 30.5 Å². The summed E-state index contributed by atoms with van der Waals surface area (Å²) in [5.41, 5.74) is 0.953. The highest BCUT2D eigenvalue weighted by Gasteiger charge is 2.34. The van der Waals surface area contributed by atoms with Crippen molar-refractivity contribution in [1.29, 1.82) is 0 Å². The third-order valence-electron chi connectivity index (χ3n) is 5.84. The number of pyridine rings is 1. The van der Waals surface area contributed by atoms with E-state index in [1.54, 1.807) is 12.4 Å². The summed E-state index contributed by atoms with van der Waals surface area (Å²) in [5, 5.41) is 1.28. The van der Waals surface area contributed by atoms with Crippen LogP contribution in [-0.4, -0.2) is 13.3 Å². The molecule has 1 atom stereocenters. The minimum atomic E-state index is -1.72. The lowest BCUT2D eigenvalue weighted by molar-refractivity contribution is 0.168. The number of rotatable bonds is 10. The minimum Gasteiger partial charge on any atom is -0.410 e. The van der Waals surface area contributed by atoms with Gasteiger partial charge in [0.2, 0.25) is 0 Å². The number of nitrogens with zero attached hydrogens (tertiary/aromatic N) is 1. The maximum atomic E-state index is 6.81. The van der Waals surface area contributed by atoms with Crippen LogP contribution in [-0.2, 0) is 4.43 Å². The molecule has 0 radical (unpaired) electrons. The van der Waals surface area contributed by atoms with E-state index in [0.717, 1.165) is 36.0 Å². The molecule has 1 aliphatic rings. The molecular weight excluding hydrogens is 357 g/mol. The molecule has 1 aliphatic carbocycles. The van der Waals surface area contributed by atoms with Crippen molar-refractivity contribution in [1.82, 2.24) is 4.98 Å². The Morgan fingerprint density at radius 3 is 2.17 bits per heavy atom. The molecule has 1 aromatic rings. The van der Waals surface area contributed by atoms with Gasteiger partial charge < -0.3 is 4.43 Å². The second-order valence-electron chi connectivity index (χ2n) is 7.09. The van der Waals surface area contributed by atoms with Crippen LogP contribution >= 0.6 is 23.2 Å². The van der Waals surface area contributed by atoms with Crippen LogP contribution in [0.3, 0.4) is 0 Å². The fourth-order valence-corrected chi connectivity index (χ4v) is 7.11. The summed E-state index contributed by atoms with van der Waals surface area (Å²) < 4.78 is 6.81. The maximum Gasteiger partial charge on any atom is 0.192 e. The van der Waals surface area contributed by atoms with E-state index in [-0.39, 0.29) is 6.10 Å². The zero-order chi connectivity index (χ0) is 17.6. The first-order valence-electron chi connectivity index (χ1n) is 9.52. The zero-order valence-corrected chi connectivity index (χ0v) is 17.8. The Hall–Kier alpha value is -0.0931. The van der Waals surface area contributed by atoms with Crippen LogP contribution < -0.4 is 0 Å². The predicted octanol–water partition coefficient (Wildman–Crippen LogP) is 7.42. The highest BCUT2D eigenvalue weighted by Crippen LogP contribution is 2.40. The quantitative estimate of drug-likeness (QED) is 0.389. The Morgan fingerprint density at radius 2 is 1.71 bits per heavy atom. The fraction of sp³-hybridized carbons (Fsp3) is 0.737. The van der Waals surface area contributed by atoms with Gasteiger partial charge in [-0.1, -0.05) is 76.1 Å². The molecule has 0 saturated heterocycles. The summed E-state index contributed by atoms with van der Waals surface area (Å²) in [6.45, 7) is 6.79. The molecule has 1 saturated carbocycles. The van der Waals surface area contributed by atoms with Gasteiger partial charge in [-0.25, -0.2) is 0 Å². The molecule has 1 aromatic heterocycles. The van der Waals surface area contributed by atoms with Crippen LogP contribution in [0.1, 0.15) is 71.0 Å². The van der Waals surface area contributed by atoms with Crippen LogP contribution in [0.5, 0.6) is 0 Å². The first kappa shape index (κ1) is 20.2. The van der Waals surface area contributed by atoms with Crippen molar-refractivity contribution in [3.63, 3.8) is 0 Å². The predicted molar refractivity (Wildman–Crippen MR) is 106 cm³/mol. The van der Waals surface area contributed by atoms with Crippen molar-refractivity contribution < 1.29 is 4.43 Å². The molecule has 0 aromatic carbocycles.